The van der Waals surface area contributed by atoms with E-state index >= 15 is 0 Å². The van der Waals surface area contributed by atoms with Gasteiger partial charge in [0.05, 0.1) is 29.7 Å². The van der Waals surface area contributed by atoms with Crippen LogP contribution in [0.5, 0.6) is 0 Å². The normalized spacial score (nSPS) is 23.9. The van der Waals surface area contributed by atoms with E-state index in [2.05, 4.69) is 15.0 Å². The number of hydrogen-bond donors (Lipinski definition) is 2. The van der Waals surface area contributed by atoms with Crippen molar-refractivity contribution in [3.63, 3.8) is 0 Å². The first-order valence-corrected chi connectivity index (χ1v) is 8.18. The second-order valence-electron chi connectivity index (χ2n) is 6.29. The number of amides is 1. The number of nitrogens with zero attached hydrogens (tertiary/aromatic N) is 2. The minimum atomic E-state index is -0.614. The van der Waals surface area contributed by atoms with Crippen LogP contribution in [0.3, 0.4) is 0 Å². The zero-order chi connectivity index (χ0) is 16.7. The van der Waals surface area contributed by atoms with E-state index in [4.69, 9.17) is 4.74 Å². The van der Waals surface area contributed by atoms with Crippen molar-refractivity contribution in [2.75, 3.05) is 13.2 Å². The summed E-state index contributed by atoms with van der Waals surface area (Å²) >= 11 is 0. The summed E-state index contributed by atoms with van der Waals surface area (Å²) in [5, 5.41) is 0.203. The minimum absolute atomic E-state index is 0.0876. The van der Waals surface area contributed by atoms with Crippen LogP contribution >= 0.6 is 0 Å². The van der Waals surface area contributed by atoms with Crippen LogP contribution in [0.1, 0.15) is 36.0 Å². The van der Waals surface area contributed by atoms with Crippen molar-refractivity contribution in [2.45, 2.75) is 37.8 Å². The molecule has 1 aliphatic heterocycles. The van der Waals surface area contributed by atoms with Crippen molar-refractivity contribution >= 4 is 16.9 Å². The Balaban J connectivity index is 1.70. The summed E-state index contributed by atoms with van der Waals surface area (Å²) < 4.78 is 5.80. The molecule has 0 spiro atoms. The topological polar surface area (TPSA) is 108 Å². The maximum atomic E-state index is 12.9. The molecule has 126 valence electrons. The summed E-state index contributed by atoms with van der Waals surface area (Å²) in [7, 11) is 0. The molecule has 3 heterocycles. The maximum Gasteiger partial charge on any atom is 0.327 e. The van der Waals surface area contributed by atoms with E-state index in [0.717, 1.165) is 25.7 Å². The first kappa shape index (κ1) is 15.1. The van der Waals surface area contributed by atoms with E-state index in [1.54, 1.807) is 0 Å². The predicted molar refractivity (Wildman–Crippen MR) is 86.0 cm³/mol. The van der Waals surface area contributed by atoms with Gasteiger partial charge in [0.2, 0.25) is 0 Å². The van der Waals surface area contributed by atoms with Gasteiger partial charge in [0, 0.05) is 12.7 Å². The summed E-state index contributed by atoms with van der Waals surface area (Å²) in [6.07, 6.45) is 5.64. The molecule has 1 saturated carbocycles. The van der Waals surface area contributed by atoms with E-state index < -0.39 is 11.2 Å². The summed E-state index contributed by atoms with van der Waals surface area (Å²) in [4.78, 5) is 46.6. The molecule has 0 aromatic carbocycles. The number of aromatic nitrogens is 3. The third kappa shape index (κ3) is 2.52. The van der Waals surface area contributed by atoms with Crippen LogP contribution in [0.25, 0.3) is 11.0 Å². The molecule has 24 heavy (non-hydrogen) atoms. The molecule has 0 bridgehead atoms. The van der Waals surface area contributed by atoms with Gasteiger partial charge in [-0.15, -0.1) is 0 Å². The molecule has 8 nitrogen and oxygen atoms in total. The zero-order valence-electron chi connectivity index (χ0n) is 13.1. The second-order valence-corrected chi connectivity index (χ2v) is 6.29. The Morgan fingerprint density at radius 3 is 2.96 bits per heavy atom. The molecule has 2 atom stereocenters. The zero-order valence-corrected chi connectivity index (χ0v) is 13.1. The Morgan fingerprint density at radius 2 is 2.08 bits per heavy atom. The van der Waals surface area contributed by atoms with Gasteiger partial charge in [0.1, 0.15) is 5.65 Å². The van der Waals surface area contributed by atoms with Gasteiger partial charge in [-0.2, -0.15) is 0 Å². The van der Waals surface area contributed by atoms with Crippen molar-refractivity contribution in [3.8, 4) is 0 Å². The number of ether oxygens (including phenoxy) is 1. The third-order valence-electron chi connectivity index (χ3n) is 4.83. The number of aromatic amines is 2. The fourth-order valence-corrected chi connectivity index (χ4v) is 3.68. The number of rotatable bonds is 1. The number of fused-ring (bicyclic) bond motifs is 2. The van der Waals surface area contributed by atoms with Gasteiger partial charge in [0.25, 0.3) is 11.5 Å². The summed E-state index contributed by atoms with van der Waals surface area (Å²) in [6, 6.07) is 1.58. The molecule has 2 aliphatic rings. The summed E-state index contributed by atoms with van der Waals surface area (Å²) in [6.45, 7) is 1.07. The lowest BCUT2D eigenvalue weighted by molar-refractivity contribution is -0.0752. The number of hydrogen-bond acceptors (Lipinski definition) is 5. The lowest BCUT2D eigenvalue weighted by Crippen LogP contribution is -2.54. The fraction of sp³-hybridized carbons (Fsp3) is 0.500. The van der Waals surface area contributed by atoms with Crippen LogP contribution in [0.2, 0.25) is 0 Å². The molecule has 2 aromatic heterocycles. The second kappa shape index (κ2) is 5.86. The van der Waals surface area contributed by atoms with Crippen LogP contribution in [-0.2, 0) is 4.74 Å². The number of carbonyl (C=O) groups is 1. The Hall–Kier alpha value is -2.48. The summed E-state index contributed by atoms with van der Waals surface area (Å²) in [5.41, 5.74) is -0.630. The van der Waals surface area contributed by atoms with E-state index in [0.29, 0.717) is 18.7 Å². The van der Waals surface area contributed by atoms with Crippen molar-refractivity contribution in [3.05, 3.63) is 38.7 Å². The summed E-state index contributed by atoms with van der Waals surface area (Å²) in [5.74, 6) is -0.143. The lowest BCUT2D eigenvalue weighted by Gasteiger charge is -2.43. The SMILES string of the molecule is O=C(c1cnc2[nH]c(=O)[nH]c(=O)c2c1)N1CCO[C@@H]2CCCC[C@H]21. The van der Waals surface area contributed by atoms with Crippen LogP contribution in [0.15, 0.2) is 21.9 Å². The molecule has 1 amide bonds. The molecule has 0 unspecified atom stereocenters. The van der Waals surface area contributed by atoms with E-state index in [1.807, 2.05) is 4.90 Å². The first-order valence-electron chi connectivity index (χ1n) is 8.18. The highest BCUT2D eigenvalue weighted by Gasteiger charge is 2.37. The highest BCUT2D eigenvalue weighted by Crippen LogP contribution is 2.29. The Morgan fingerprint density at radius 1 is 1.25 bits per heavy atom. The van der Waals surface area contributed by atoms with Crippen molar-refractivity contribution in [1.29, 1.82) is 0 Å². The predicted octanol–water partition coefficient (Wildman–Crippen LogP) is 0.395. The van der Waals surface area contributed by atoms with Crippen LogP contribution in [0, 0.1) is 0 Å². The highest BCUT2D eigenvalue weighted by atomic mass is 16.5. The van der Waals surface area contributed by atoms with Gasteiger partial charge in [0.15, 0.2) is 0 Å². The third-order valence-corrected chi connectivity index (χ3v) is 4.83. The molecule has 8 heteroatoms. The smallest absolute Gasteiger partial charge is 0.327 e. The number of nitrogens with one attached hydrogen (secondary N) is 2. The van der Waals surface area contributed by atoms with Gasteiger partial charge in [-0.05, 0) is 18.9 Å². The first-order chi connectivity index (χ1) is 11.6. The van der Waals surface area contributed by atoms with Gasteiger partial charge < -0.3 is 9.64 Å². The lowest BCUT2D eigenvalue weighted by atomic mass is 9.90. The molecular weight excluding hydrogens is 312 g/mol. The van der Waals surface area contributed by atoms with Gasteiger partial charge in [-0.3, -0.25) is 19.6 Å². The number of H-pyrrole nitrogens is 2. The molecule has 2 fully saturated rings. The Kier molecular flexibility index (Phi) is 3.68. The average Bonchev–Trinajstić information content (AvgIpc) is 2.60. The minimum Gasteiger partial charge on any atom is -0.374 e. The average molecular weight is 330 g/mol. The Labute approximate surface area is 136 Å². The fourth-order valence-electron chi connectivity index (χ4n) is 3.68. The van der Waals surface area contributed by atoms with Crippen LogP contribution in [-0.4, -0.2) is 51.1 Å². The largest absolute Gasteiger partial charge is 0.374 e. The van der Waals surface area contributed by atoms with Gasteiger partial charge >= 0.3 is 5.69 Å². The number of pyridine rings is 1. The molecule has 2 aromatic rings. The number of carbonyl (C=O) groups excluding carboxylic acids is 1. The van der Waals surface area contributed by atoms with E-state index in [1.165, 1.54) is 12.3 Å². The Bertz CT molecular complexity index is 901. The highest BCUT2D eigenvalue weighted by molar-refractivity contribution is 5.97. The molecule has 4 rings (SSSR count). The van der Waals surface area contributed by atoms with Gasteiger partial charge in [-0.25, -0.2) is 9.78 Å². The molecule has 2 N–H and O–H groups in total. The van der Waals surface area contributed by atoms with E-state index in [-0.39, 0.29) is 29.1 Å². The molecule has 0 radical (unpaired) electrons. The monoisotopic (exact) mass is 330 g/mol. The van der Waals surface area contributed by atoms with Crippen molar-refractivity contribution in [2.24, 2.45) is 0 Å². The molecule has 1 aliphatic carbocycles. The van der Waals surface area contributed by atoms with Crippen molar-refractivity contribution < 1.29 is 9.53 Å². The van der Waals surface area contributed by atoms with Gasteiger partial charge in [-0.1, -0.05) is 12.8 Å². The molecule has 1 saturated heterocycles. The van der Waals surface area contributed by atoms with E-state index in [9.17, 15) is 14.4 Å². The molecular formula is C16H18N4O4. The van der Waals surface area contributed by atoms with Crippen LogP contribution < -0.4 is 11.2 Å². The quantitative estimate of drug-likeness (QED) is 0.786. The maximum absolute atomic E-state index is 12.9. The standard InChI is InChI=1S/C16H18N4O4/c21-14-10-7-9(8-17-13(10)18-16(23)19-14)15(22)20-5-6-24-12-4-2-1-3-11(12)20/h7-8,11-12H,1-6H2,(H2,17,18,19,21,23)/t11-,12-/m1/s1. The van der Waals surface area contributed by atoms with Crippen LogP contribution in [0.4, 0.5) is 0 Å². The van der Waals surface area contributed by atoms with Crippen molar-refractivity contribution in [1.82, 2.24) is 19.9 Å². The number of morpholine rings is 1.